The SMILES string of the molecule is CC(=NNC(=O)c1ccc([N+](=O)[O-])cc1)N1N=C(c2ccccc2)OC1c1cn(-c2ccccc2)nc1-c1ccc(Cl)cc1. The second-order valence-corrected chi connectivity index (χ2v) is 10.1. The highest BCUT2D eigenvalue weighted by Crippen LogP contribution is 2.37. The number of hydrogen-bond donors (Lipinski definition) is 1. The fraction of sp³-hybridized carbons (Fsp3) is 0.0625. The number of hydrazone groups is 2. The van der Waals surface area contributed by atoms with Crippen molar-refractivity contribution in [1.82, 2.24) is 20.2 Å². The molecule has 5 aromatic rings. The average Bonchev–Trinajstić information content (AvgIpc) is 3.70. The van der Waals surface area contributed by atoms with Crippen molar-refractivity contribution >= 4 is 34.9 Å². The highest BCUT2D eigenvalue weighted by Gasteiger charge is 2.36. The molecule has 4 aromatic carbocycles. The van der Waals surface area contributed by atoms with Crippen molar-refractivity contribution in [2.75, 3.05) is 0 Å². The smallest absolute Gasteiger partial charge is 0.271 e. The number of halogens is 1. The molecule has 1 atom stereocenters. The first-order valence-electron chi connectivity index (χ1n) is 13.5. The number of nitro benzene ring substituents is 1. The summed E-state index contributed by atoms with van der Waals surface area (Å²) in [5, 5.41) is 27.1. The van der Waals surface area contributed by atoms with Gasteiger partial charge in [-0.05, 0) is 55.5 Å². The normalized spacial score (nSPS) is 14.6. The molecule has 12 heteroatoms. The maximum atomic E-state index is 12.8. The van der Waals surface area contributed by atoms with Crippen LogP contribution in [-0.4, -0.2) is 37.4 Å². The Morgan fingerprint density at radius 2 is 1.59 bits per heavy atom. The summed E-state index contributed by atoms with van der Waals surface area (Å²) in [5.41, 5.74) is 6.37. The summed E-state index contributed by atoms with van der Waals surface area (Å²) in [5.74, 6) is 0.147. The Bertz CT molecular complexity index is 1870. The van der Waals surface area contributed by atoms with Crippen LogP contribution in [0.1, 0.15) is 34.6 Å². The van der Waals surface area contributed by atoms with Gasteiger partial charge in [-0.15, -0.1) is 5.10 Å². The van der Waals surface area contributed by atoms with E-state index in [0.29, 0.717) is 28.0 Å². The predicted octanol–water partition coefficient (Wildman–Crippen LogP) is 6.56. The van der Waals surface area contributed by atoms with Gasteiger partial charge in [0.25, 0.3) is 11.6 Å². The van der Waals surface area contributed by atoms with Crippen LogP contribution in [0.5, 0.6) is 0 Å². The number of carbonyl (C=O) groups excluding carboxylic acids is 1. The second-order valence-electron chi connectivity index (χ2n) is 9.71. The molecule has 0 saturated carbocycles. The van der Waals surface area contributed by atoms with E-state index in [1.807, 2.05) is 79.0 Å². The minimum atomic E-state index is -0.798. The van der Waals surface area contributed by atoms with E-state index < -0.39 is 17.1 Å². The summed E-state index contributed by atoms with van der Waals surface area (Å²) >= 11 is 6.19. The minimum absolute atomic E-state index is 0.117. The molecule has 1 amide bonds. The van der Waals surface area contributed by atoms with E-state index in [1.165, 1.54) is 24.3 Å². The first-order chi connectivity index (χ1) is 21.4. The Kier molecular flexibility index (Phi) is 7.85. The molecule has 0 spiro atoms. The molecule has 218 valence electrons. The van der Waals surface area contributed by atoms with Gasteiger partial charge in [0.1, 0.15) is 11.5 Å². The molecule has 2 heterocycles. The number of carbonyl (C=O) groups is 1. The van der Waals surface area contributed by atoms with Gasteiger partial charge in [0.05, 0.1) is 16.2 Å². The zero-order valence-electron chi connectivity index (χ0n) is 23.2. The highest BCUT2D eigenvalue weighted by molar-refractivity contribution is 6.30. The van der Waals surface area contributed by atoms with Gasteiger partial charge in [-0.1, -0.05) is 60.1 Å². The Labute approximate surface area is 256 Å². The second kappa shape index (κ2) is 12.2. The molecule has 0 fully saturated rings. The van der Waals surface area contributed by atoms with Gasteiger partial charge in [0, 0.05) is 40.0 Å². The lowest BCUT2D eigenvalue weighted by Gasteiger charge is -2.21. The lowest BCUT2D eigenvalue weighted by molar-refractivity contribution is -0.384. The predicted molar refractivity (Wildman–Crippen MR) is 166 cm³/mol. The Hall–Kier alpha value is -5.81. The van der Waals surface area contributed by atoms with Crippen molar-refractivity contribution in [3.63, 3.8) is 0 Å². The summed E-state index contributed by atoms with van der Waals surface area (Å²) < 4.78 is 8.24. The lowest BCUT2D eigenvalue weighted by Crippen LogP contribution is -2.29. The van der Waals surface area contributed by atoms with Gasteiger partial charge in [0.15, 0.2) is 0 Å². The number of nitrogens with zero attached hydrogens (tertiary/aromatic N) is 6. The van der Waals surface area contributed by atoms with Gasteiger partial charge in [-0.25, -0.2) is 15.1 Å². The lowest BCUT2D eigenvalue weighted by atomic mass is 10.1. The van der Waals surface area contributed by atoms with Gasteiger partial charge >= 0.3 is 0 Å². The highest BCUT2D eigenvalue weighted by atomic mass is 35.5. The number of hydrogen-bond acceptors (Lipinski definition) is 7. The zero-order valence-corrected chi connectivity index (χ0v) is 24.0. The van der Waals surface area contributed by atoms with Crippen molar-refractivity contribution in [3.05, 3.63) is 147 Å². The number of benzene rings is 4. The van der Waals surface area contributed by atoms with Crippen LogP contribution in [0.4, 0.5) is 5.69 Å². The zero-order chi connectivity index (χ0) is 30.6. The van der Waals surface area contributed by atoms with Crippen LogP contribution in [0.25, 0.3) is 16.9 Å². The average molecular weight is 606 g/mol. The van der Waals surface area contributed by atoms with E-state index >= 15 is 0 Å². The molecule has 1 aliphatic rings. The van der Waals surface area contributed by atoms with E-state index in [1.54, 1.807) is 28.7 Å². The number of amidine groups is 1. The van der Waals surface area contributed by atoms with Gasteiger partial charge < -0.3 is 4.74 Å². The van der Waals surface area contributed by atoms with Gasteiger partial charge in [-0.3, -0.25) is 14.9 Å². The van der Waals surface area contributed by atoms with Gasteiger partial charge in [-0.2, -0.15) is 10.2 Å². The maximum absolute atomic E-state index is 12.8. The first kappa shape index (κ1) is 28.3. The number of aromatic nitrogens is 2. The number of para-hydroxylation sites is 1. The van der Waals surface area contributed by atoms with Crippen molar-refractivity contribution in [2.45, 2.75) is 13.2 Å². The van der Waals surface area contributed by atoms with Crippen LogP contribution in [0.2, 0.25) is 5.02 Å². The summed E-state index contributed by atoms with van der Waals surface area (Å²) in [4.78, 5) is 23.3. The fourth-order valence-electron chi connectivity index (χ4n) is 4.57. The maximum Gasteiger partial charge on any atom is 0.271 e. The Balaban J connectivity index is 1.38. The summed E-state index contributed by atoms with van der Waals surface area (Å²) in [6.45, 7) is 1.69. The van der Waals surface area contributed by atoms with Crippen LogP contribution in [-0.2, 0) is 4.74 Å². The largest absolute Gasteiger partial charge is 0.446 e. The van der Waals surface area contributed by atoms with Crippen molar-refractivity contribution in [1.29, 1.82) is 0 Å². The van der Waals surface area contributed by atoms with Crippen molar-refractivity contribution < 1.29 is 14.5 Å². The standard InChI is InChI=1S/C32H24ClN7O4/c1-21(34-35-30(41)23-14-18-27(19-15-23)40(42)43)39-32(44-31(37-39)24-8-4-2-5-9-24)28-20-38(26-10-6-3-7-11-26)36-29(28)22-12-16-25(33)17-13-22/h2-20,32H,1H3,(H,35,41). The van der Waals surface area contributed by atoms with E-state index in [2.05, 4.69) is 10.5 Å². The summed E-state index contributed by atoms with van der Waals surface area (Å²) in [6, 6.07) is 31.7. The molecular formula is C32H24ClN7O4. The quantitative estimate of drug-likeness (QED) is 0.0969. The molecular weight excluding hydrogens is 582 g/mol. The van der Waals surface area contributed by atoms with Crippen LogP contribution >= 0.6 is 11.6 Å². The minimum Gasteiger partial charge on any atom is -0.446 e. The molecule has 1 N–H and O–H groups in total. The monoisotopic (exact) mass is 605 g/mol. The molecule has 0 bridgehead atoms. The number of rotatable bonds is 7. The first-order valence-corrected chi connectivity index (χ1v) is 13.8. The molecule has 1 aliphatic heterocycles. The van der Waals surface area contributed by atoms with Gasteiger partial charge in [0.2, 0.25) is 12.1 Å². The molecule has 0 radical (unpaired) electrons. The number of ether oxygens (including phenoxy) is 1. The molecule has 1 aromatic heterocycles. The third-order valence-corrected chi connectivity index (χ3v) is 7.05. The molecule has 11 nitrogen and oxygen atoms in total. The number of nitro groups is 1. The number of non-ortho nitro benzene ring substituents is 1. The number of amides is 1. The summed E-state index contributed by atoms with van der Waals surface area (Å²) in [6.07, 6.45) is 1.08. The molecule has 0 saturated heterocycles. The van der Waals surface area contributed by atoms with E-state index in [0.717, 1.165) is 16.8 Å². The summed E-state index contributed by atoms with van der Waals surface area (Å²) in [7, 11) is 0. The molecule has 44 heavy (non-hydrogen) atoms. The van der Waals surface area contributed by atoms with Crippen molar-refractivity contribution in [3.8, 4) is 16.9 Å². The van der Waals surface area contributed by atoms with E-state index in [-0.39, 0.29) is 11.3 Å². The van der Waals surface area contributed by atoms with Crippen LogP contribution < -0.4 is 5.43 Å². The van der Waals surface area contributed by atoms with E-state index in [9.17, 15) is 14.9 Å². The Morgan fingerprint density at radius 1 is 0.932 bits per heavy atom. The molecule has 6 rings (SSSR count). The van der Waals surface area contributed by atoms with Crippen molar-refractivity contribution in [2.24, 2.45) is 10.2 Å². The van der Waals surface area contributed by atoms with Crippen LogP contribution in [0.3, 0.4) is 0 Å². The Morgan fingerprint density at radius 3 is 2.25 bits per heavy atom. The fourth-order valence-corrected chi connectivity index (χ4v) is 4.69. The third kappa shape index (κ3) is 5.90. The third-order valence-electron chi connectivity index (χ3n) is 6.80. The van der Waals surface area contributed by atoms with E-state index in [4.69, 9.17) is 26.5 Å². The van der Waals surface area contributed by atoms with Crippen LogP contribution in [0.15, 0.2) is 126 Å². The number of nitrogens with one attached hydrogen (secondary N) is 1. The molecule has 1 unspecified atom stereocenters. The topological polar surface area (TPSA) is 127 Å². The van der Waals surface area contributed by atoms with Crippen LogP contribution in [0, 0.1) is 10.1 Å². The molecule has 0 aliphatic carbocycles.